The molecule has 0 heterocycles. The summed E-state index contributed by atoms with van der Waals surface area (Å²) >= 11 is 0. The minimum Gasteiger partial charge on any atom is -0.481 e. The summed E-state index contributed by atoms with van der Waals surface area (Å²) in [6, 6.07) is 2.85. The molecule has 0 aliphatic rings. The third-order valence-electron chi connectivity index (χ3n) is 10.3. The lowest BCUT2D eigenvalue weighted by molar-refractivity contribution is -0.138. The fourth-order valence-corrected chi connectivity index (χ4v) is 8.96. The van der Waals surface area contributed by atoms with Crippen molar-refractivity contribution in [1.29, 1.82) is 5.26 Å². The van der Waals surface area contributed by atoms with Crippen LogP contribution in [0, 0.1) is 17.2 Å². The zero-order valence-electron chi connectivity index (χ0n) is 35.1. The van der Waals surface area contributed by atoms with E-state index in [1.54, 1.807) is 0 Å². The van der Waals surface area contributed by atoms with Gasteiger partial charge >= 0.3 is 11.9 Å². The average Bonchev–Trinajstić information content (AvgIpc) is 3.10. The number of carbonyl (C=O) groups is 2. The van der Waals surface area contributed by atoms with Gasteiger partial charge in [-0.2, -0.15) is 5.26 Å². The SMILES string of the molecule is CC(C)N(C(C)C)P(OCCC#N)OCC(CCCCCCCCCCCCCCCCC(=O)O)CCCCCCCCCCCCCCCC(=O)O. The van der Waals surface area contributed by atoms with E-state index in [-0.39, 0.29) is 0 Å². The van der Waals surface area contributed by atoms with Gasteiger partial charge in [0, 0.05) is 24.9 Å². The molecule has 0 aromatic rings. The Morgan fingerprint density at radius 1 is 0.528 bits per heavy atom. The molecule has 0 aromatic carbocycles. The fourth-order valence-electron chi connectivity index (χ4n) is 7.28. The number of aliphatic carboxylic acids is 2. The Morgan fingerprint density at radius 3 is 1.11 bits per heavy atom. The summed E-state index contributed by atoms with van der Waals surface area (Å²) in [5.41, 5.74) is 0. The number of carboxylic acid groups (broad SMARTS) is 2. The first kappa shape index (κ1) is 51.7. The van der Waals surface area contributed by atoms with E-state index in [2.05, 4.69) is 38.4 Å². The van der Waals surface area contributed by atoms with Gasteiger partial charge in [-0.25, -0.2) is 4.67 Å². The van der Waals surface area contributed by atoms with Crippen molar-refractivity contribution in [1.82, 2.24) is 4.67 Å². The van der Waals surface area contributed by atoms with Crippen LogP contribution in [-0.2, 0) is 18.6 Å². The number of nitriles is 1. The van der Waals surface area contributed by atoms with Crippen LogP contribution >= 0.6 is 8.53 Å². The van der Waals surface area contributed by atoms with Crippen LogP contribution < -0.4 is 0 Å². The number of hydrogen-bond donors (Lipinski definition) is 2. The highest BCUT2D eigenvalue weighted by molar-refractivity contribution is 7.44. The summed E-state index contributed by atoms with van der Waals surface area (Å²) in [7, 11) is -1.19. The number of nitrogens with zero attached hydrogens (tertiary/aromatic N) is 2. The topological polar surface area (TPSA) is 120 Å². The molecule has 0 aliphatic carbocycles. The maximum atomic E-state index is 10.6. The Hall–Kier alpha value is -1.26. The quantitative estimate of drug-likeness (QED) is 0.0465. The van der Waals surface area contributed by atoms with E-state index in [0.717, 1.165) is 32.3 Å². The lowest BCUT2D eigenvalue weighted by Crippen LogP contribution is -2.34. The fraction of sp³-hybridized carbons (Fsp3) is 0.932. The van der Waals surface area contributed by atoms with E-state index >= 15 is 0 Å². The largest absolute Gasteiger partial charge is 0.481 e. The van der Waals surface area contributed by atoms with Crippen LogP contribution in [0.5, 0.6) is 0 Å². The molecule has 0 saturated carbocycles. The smallest absolute Gasteiger partial charge is 0.303 e. The first-order valence-electron chi connectivity index (χ1n) is 22.3. The van der Waals surface area contributed by atoms with Gasteiger partial charge in [-0.3, -0.25) is 9.59 Å². The van der Waals surface area contributed by atoms with E-state index in [4.69, 9.17) is 24.5 Å². The third kappa shape index (κ3) is 36.2. The van der Waals surface area contributed by atoms with Gasteiger partial charge < -0.3 is 19.3 Å². The van der Waals surface area contributed by atoms with E-state index in [0.29, 0.717) is 43.9 Å². The van der Waals surface area contributed by atoms with Crippen LogP contribution in [0.25, 0.3) is 0 Å². The molecule has 0 amide bonds. The molecule has 0 fully saturated rings. The van der Waals surface area contributed by atoms with Crippen molar-refractivity contribution in [2.75, 3.05) is 13.2 Å². The molecule has 2 atom stereocenters. The number of rotatable bonds is 42. The monoisotopic (exact) mass is 769 g/mol. The Labute approximate surface area is 328 Å². The Kier molecular flexibility index (Phi) is 38.1. The van der Waals surface area contributed by atoms with Crippen LogP contribution in [0.15, 0.2) is 0 Å². The molecule has 0 saturated heterocycles. The maximum absolute atomic E-state index is 10.6. The van der Waals surface area contributed by atoms with Gasteiger partial charge in [0.1, 0.15) is 0 Å². The molecule has 2 N–H and O–H groups in total. The standard InChI is InChI=1S/C44H85N2O6P/c1-40(2)46(41(3)4)53(51-38-32-37-45)52-39-42(34-29-25-21-17-13-9-7-11-15-19-23-27-31-36-44(49)50)33-28-24-20-16-12-8-5-6-10-14-18-22-26-30-35-43(47)48/h40-42H,5-36,38-39H2,1-4H3,(H,47,48)(H,49,50). The second-order valence-electron chi connectivity index (χ2n) is 16.1. The number of carboxylic acids is 2. The van der Waals surface area contributed by atoms with Gasteiger partial charge in [-0.1, -0.05) is 161 Å². The predicted octanol–water partition coefficient (Wildman–Crippen LogP) is 14.2. The second-order valence-corrected chi connectivity index (χ2v) is 17.6. The molecule has 0 aliphatic heterocycles. The average molecular weight is 769 g/mol. The molecule has 8 nitrogen and oxygen atoms in total. The van der Waals surface area contributed by atoms with Crippen molar-refractivity contribution in [3.63, 3.8) is 0 Å². The van der Waals surface area contributed by atoms with Crippen molar-refractivity contribution in [2.24, 2.45) is 5.92 Å². The van der Waals surface area contributed by atoms with Gasteiger partial charge in [-0.05, 0) is 59.3 Å². The second kappa shape index (κ2) is 39.0. The van der Waals surface area contributed by atoms with Crippen LogP contribution in [0.2, 0.25) is 0 Å². The van der Waals surface area contributed by atoms with E-state index in [1.807, 2.05) is 0 Å². The molecule has 0 bridgehead atoms. The molecule has 9 heteroatoms. The molecule has 0 aromatic heterocycles. The van der Waals surface area contributed by atoms with E-state index < -0.39 is 20.5 Å². The summed E-state index contributed by atoms with van der Waals surface area (Å²) in [4.78, 5) is 21.2. The zero-order valence-corrected chi connectivity index (χ0v) is 36.0. The van der Waals surface area contributed by atoms with Crippen LogP contribution in [-0.4, -0.2) is 52.1 Å². The highest BCUT2D eigenvalue weighted by atomic mass is 31.2. The van der Waals surface area contributed by atoms with Crippen molar-refractivity contribution in [3.8, 4) is 6.07 Å². The van der Waals surface area contributed by atoms with Gasteiger partial charge in [0.05, 0.1) is 25.7 Å². The predicted molar refractivity (Wildman–Crippen MR) is 223 cm³/mol. The molecule has 0 spiro atoms. The highest BCUT2D eigenvalue weighted by Crippen LogP contribution is 2.46. The third-order valence-corrected chi connectivity index (χ3v) is 12.4. The normalized spacial score (nSPS) is 12.9. The Balaban J connectivity index is 4.40. The summed E-state index contributed by atoms with van der Waals surface area (Å²) < 4.78 is 15.2. The van der Waals surface area contributed by atoms with E-state index in [1.165, 1.54) is 161 Å². The van der Waals surface area contributed by atoms with Crippen molar-refractivity contribution in [2.45, 2.75) is 245 Å². The summed E-state index contributed by atoms with van der Waals surface area (Å²) in [5, 5.41) is 26.6. The van der Waals surface area contributed by atoms with Crippen LogP contribution in [0.4, 0.5) is 0 Å². The molecular weight excluding hydrogens is 683 g/mol. The van der Waals surface area contributed by atoms with Crippen molar-refractivity contribution in [3.05, 3.63) is 0 Å². The Bertz CT molecular complexity index is 859. The number of hydrogen-bond acceptors (Lipinski definition) is 6. The van der Waals surface area contributed by atoms with Crippen molar-refractivity contribution >= 4 is 20.5 Å². The molecule has 2 unspecified atom stereocenters. The van der Waals surface area contributed by atoms with Gasteiger partial charge in [0.15, 0.2) is 0 Å². The minimum absolute atomic E-state index is 0.315. The van der Waals surface area contributed by atoms with Crippen molar-refractivity contribution < 1.29 is 28.8 Å². The molecular formula is C44H85N2O6P. The molecule has 53 heavy (non-hydrogen) atoms. The Morgan fingerprint density at radius 2 is 0.830 bits per heavy atom. The van der Waals surface area contributed by atoms with E-state index in [9.17, 15) is 9.59 Å². The first-order valence-corrected chi connectivity index (χ1v) is 23.5. The van der Waals surface area contributed by atoms with Gasteiger partial charge in [0.25, 0.3) is 8.53 Å². The maximum Gasteiger partial charge on any atom is 0.303 e. The van der Waals surface area contributed by atoms with Crippen LogP contribution in [0.1, 0.15) is 233 Å². The van der Waals surface area contributed by atoms with Crippen LogP contribution in [0.3, 0.4) is 0 Å². The highest BCUT2D eigenvalue weighted by Gasteiger charge is 2.28. The molecule has 0 radical (unpaired) electrons. The number of unbranched alkanes of at least 4 members (excludes halogenated alkanes) is 25. The van der Waals surface area contributed by atoms with Gasteiger partial charge in [0.2, 0.25) is 0 Å². The lowest BCUT2D eigenvalue weighted by Gasteiger charge is -2.36. The molecule has 312 valence electrons. The summed E-state index contributed by atoms with van der Waals surface area (Å²) in [6.07, 6.45) is 37.2. The lowest BCUT2D eigenvalue weighted by atomic mass is 9.94. The summed E-state index contributed by atoms with van der Waals surface area (Å²) in [6.45, 7) is 9.98. The molecule has 0 rings (SSSR count). The zero-order chi connectivity index (χ0) is 39.2. The summed E-state index contributed by atoms with van der Waals surface area (Å²) in [5.74, 6) is -0.785. The minimum atomic E-state index is -1.19. The van der Waals surface area contributed by atoms with Gasteiger partial charge in [-0.15, -0.1) is 0 Å². The first-order chi connectivity index (χ1) is 25.7.